The molecule has 0 unspecified atom stereocenters. The van der Waals surface area contributed by atoms with Crippen molar-refractivity contribution < 1.29 is 19.1 Å². The summed E-state index contributed by atoms with van der Waals surface area (Å²) in [6.45, 7) is 3.50. The van der Waals surface area contributed by atoms with E-state index in [0.29, 0.717) is 13.0 Å². The van der Waals surface area contributed by atoms with Crippen LogP contribution in [0.4, 0.5) is 4.39 Å². The van der Waals surface area contributed by atoms with Crippen LogP contribution in [0.3, 0.4) is 0 Å². The number of halogens is 1. The molecule has 1 rings (SSSR count). The zero-order chi connectivity index (χ0) is 15.8. The van der Waals surface area contributed by atoms with Gasteiger partial charge in [0.2, 0.25) is 5.91 Å². The molecule has 0 bridgehead atoms. The highest BCUT2D eigenvalue weighted by molar-refractivity contribution is 5.83. The van der Waals surface area contributed by atoms with Gasteiger partial charge in [0.1, 0.15) is 11.6 Å². The topological polar surface area (TPSA) is 57.6 Å². The third-order valence-electron chi connectivity index (χ3n) is 3.40. The number of hydrogen-bond donors (Lipinski definition) is 1. The quantitative estimate of drug-likeness (QED) is 0.800. The van der Waals surface area contributed by atoms with E-state index in [1.54, 1.807) is 17.0 Å². The minimum absolute atomic E-state index is 0.0397. The first kappa shape index (κ1) is 17.3. The molecule has 0 aliphatic carbocycles. The average molecular weight is 295 g/mol. The number of aliphatic hydroxyl groups is 1. The van der Waals surface area contributed by atoms with Gasteiger partial charge in [0.15, 0.2) is 0 Å². The highest BCUT2D eigenvalue weighted by Gasteiger charge is 2.22. The van der Waals surface area contributed by atoms with Gasteiger partial charge in [0.25, 0.3) is 0 Å². The summed E-state index contributed by atoms with van der Waals surface area (Å²) < 4.78 is 12.9. The van der Waals surface area contributed by atoms with E-state index in [4.69, 9.17) is 0 Å². The molecule has 4 nitrogen and oxygen atoms in total. The Morgan fingerprint density at radius 3 is 2.33 bits per heavy atom. The Hall–Kier alpha value is -1.75. The lowest BCUT2D eigenvalue weighted by Crippen LogP contribution is -2.41. The van der Waals surface area contributed by atoms with Gasteiger partial charge in [0.05, 0.1) is 12.6 Å². The Labute approximate surface area is 124 Å². The van der Waals surface area contributed by atoms with E-state index in [2.05, 4.69) is 0 Å². The van der Waals surface area contributed by atoms with E-state index >= 15 is 0 Å². The van der Waals surface area contributed by atoms with Gasteiger partial charge in [-0.25, -0.2) is 4.39 Å². The number of amides is 1. The largest absolute Gasteiger partial charge is 0.394 e. The number of ketones is 1. The maximum atomic E-state index is 12.9. The fourth-order valence-corrected chi connectivity index (χ4v) is 2.08. The molecule has 0 spiro atoms. The summed E-state index contributed by atoms with van der Waals surface area (Å²) in [6.07, 6.45) is 0.942. The van der Waals surface area contributed by atoms with Crippen molar-refractivity contribution >= 4 is 11.7 Å². The monoisotopic (exact) mass is 295 g/mol. The average Bonchev–Trinajstić information content (AvgIpc) is 2.47. The Kier molecular flexibility index (Phi) is 7.02. The van der Waals surface area contributed by atoms with Gasteiger partial charge in [-0.15, -0.1) is 0 Å². The summed E-state index contributed by atoms with van der Waals surface area (Å²) in [5.74, 6) is -0.542. The van der Waals surface area contributed by atoms with Crippen LogP contribution < -0.4 is 0 Å². The molecule has 5 heteroatoms. The number of Topliss-reactive ketones (excluding diaryl/α,β-unsaturated/α-hetero) is 1. The van der Waals surface area contributed by atoms with Crippen molar-refractivity contribution in [1.29, 1.82) is 0 Å². The van der Waals surface area contributed by atoms with Gasteiger partial charge in [-0.1, -0.05) is 19.1 Å². The van der Waals surface area contributed by atoms with Crippen LogP contribution in [0.2, 0.25) is 0 Å². The Bertz CT molecular complexity index is 469. The SMILES string of the molecule is CC[C@@H](CO)N(Cc1ccc(F)cc1)C(=O)CCC(C)=O. The number of carbonyl (C=O) groups is 2. The van der Waals surface area contributed by atoms with Crippen molar-refractivity contribution in [3.8, 4) is 0 Å². The molecule has 0 heterocycles. The first-order valence-electron chi connectivity index (χ1n) is 7.12. The van der Waals surface area contributed by atoms with Crippen LogP contribution in [0, 0.1) is 5.82 Å². The number of nitrogens with zero attached hydrogens (tertiary/aromatic N) is 1. The summed E-state index contributed by atoms with van der Waals surface area (Å²) in [5.41, 5.74) is 0.791. The highest BCUT2D eigenvalue weighted by Crippen LogP contribution is 2.14. The molecule has 1 amide bonds. The van der Waals surface area contributed by atoms with Crippen LogP contribution in [0.1, 0.15) is 38.7 Å². The lowest BCUT2D eigenvalue weighted by molar-refractivity contribution is -0.136. The Balaban J connectivity index is 2.83. The van der Waals surface area contributed by atoms with Crippen molar-refractivity contribution in [3.63, 3.8) is 0 Å². The standard InChI is InChI=1S/C16H22FNO3/c1-3-15(11-19)18(16(21)9-4-12(2)20)10-13-5-7-14(17)8-6-13/h5-8,15,19H,3-4,9-11H2,1-2H3/t15-/m0/s1. The molecule has 0 radical (unpaired) electrons. The van der Waals surface area contributed by atoms with E-state index in [1.807, 2.05) is 6.92 Å². The molecule has 0 fully saturated rings. The van der Waals surface area contributed by atoms with Gasteiger partial charge in [0, 0.05) is 19.4 Å². The molecule has 0 saturated carbocycles. The smallest absolute Gasteiger partial charge is 0.223 e. The van der Waals surface area contributed by atoms with Crippen LogP contribution in [0.25, 0.3) is 0 Å². The molecule has 1 N–H and O–H groups in total. The maximum absolute atomic E-state index is 12.9. The third-order valence-corrected chi connectivity index (χ3v) is 3.40. The molecular formula is C16H22FNO3. The van der Waals surface area contributed by atoms with E-state index < -0.39 is 0 Å². The first-order chi connectivity index (χ1) is 9.97. The van der Waals surface area contributed by atoms with E-state index in [0.717, 1.165) is 5.56 Å². The van der Waals surface area contributed by atoms with Crippen molar-refractivity contribution in [2.24, 2.45) is 0 Å². The fraction of sp³-hybridized carbons (Fsp3) is 0.500. The molecule has 1 aromatic carbocycles. The van der Waals surface area contributed by atoms with Crippen LogP contribution in [0.15, 0.2) is 24.3 Å². The lowest BCUT2D eigenvalue weighted by atomic mass is 10.1. The molecule has 0 aliphatic rings. The minimum Gasteiger partial charge on any atom is -0.394 e. The predicted molar refractivity (Wildman–Crippen MR) is 78.0 cm³/mol. The lowest BCUT2D eigenvalue weighted by Gasteiger charge is -2.30. The van der Waals surface area contributed by atoms with Crippen molar-refractivity contribution in [2.75, 3.05) is 6.61 Å². The minimum atomic E-state index is -0.331. The Morgan fingerprint density at radius 2 is 1.86 bits per heavy atom. The maximum Gasteiger partial charge on any atom is 0.223 e. The van der Waals surface area contributed by atoms with Gasteiger partial charge in [-0.05, 0) is 31.0 Å². The van der Waals surface area contributed by atoms with Crippen LogP contribution in [-0.4, -0.2) is 34.3 Å². The number of rotatable bonds is 8. The number of carbonyl (C=O) groups excluding carboxylic acids is 2. The molecule has 116 valence electrons. The second-order valence-corrected chi connectivity index (χ2v) is 5.09. The van der Waals surface area contributed by atoms with Gasteiger partial charge >= 0.3 is 0 Å². The zero-order valence-corrected chi connectivity index (χ0v) is 12.5. The fourth-order valence-electron chi connectivity index (χ4n) is 2.08. The molecule has 0 saturated heterocycles. The molecule has 1 aromatic rings. The number of benzene rings is 1. The third kappa shape index (κ3) is 5.63. The molecule has 1 atom stereocenters. The summed E-state index contributed by atoms with van der Waals surface area (Å²) in [5, 5.41) is 9.42. The summed E-state index contributed by atoms with van der Waals surface area (Å²) >= 11 is 0. The normalized spacial score (nSPS) is 12.0. The van der Waals surface area contributed by atoms with Crippen LogP contribution in [-0.2, 0) is 16.1 Å². The van der Waals surface area contributed by atoms with E-state index in [9.17, 15) is 19.1 Å². The predicted octanol–water partition coefficient (Wildman–Crippen LogP) is 2.29. The first-order valence-corrected chi connectivity index (χ1v) is 7.12. The van der Waals surface area contributed by atoms with Crippen LogP contribution in [0.5, 0.6) is 0 Å². The summed E-state index contributed by atoms with van der Waals surface area (Å²) in [6, 6.07) is 5.62. The van der Waals surface area contributed by atoms with E-state index in [-0.39, 0.29) is 43.0 Å². The number of hydrogen-bond acceptors (Lipinski definition) is 3. The van der Waals surface area contributed by atoms with Crippen molar-refractivity contribution in [1.82, 2.24) is 4.90 Å². The van der Waals surface area contributed by atoms with Crippen LogP contribution >= 0.6 is 0 Å². The van der Waals surface area contributed by atoms with E-state index in [1.165, 1.54) is 19.1 Å². The van der Waals surface area contributed by atoms with Gasteiger partial charge < -0.3 is 14.8 Å². The second-order valence-electron chi connectivity index (χ2n) is 5.09. The summed E-state index contributed by atoms with van der Waals surface area (Å²) in [7, 11) is 0. The summed E-state index contributed by atoms with van der Waals surface area (Å²) in [4.78, 5) is 24.8. The number of aliphatic hydroxyl groups excluding tert-OH is 1. The van der Waals surface area contributed by atoms with Gasteiger partial charge in [-0.3, -0.25) is 4.79 Å². The zero-order valence-electron chi connectivity index (χ0n) is 12.5. The molecule has 21 heavy (non-hydrogen) atoms. The Morgan fingerprint density at radius 1 is 1.24 bits per heavy atom. The van der Waals surface area contributed by atoms with Crippen molar-refractivity contribution in [2.45, 2.75) is 45.7 Å². The molecule has 0 aliphatic heterocycles. The molecule has 0 aromatic heterocycles. The second kappa shape index (κ2) is 8.52. The van der Waals surface area contributed by atoms with Crippen molar-refractivity contribution in [3.05, 3.63) is 35.6 Å². The molecular weight excluding hydrogens is 273 g/mol. The van der Waals surface area contributed by atoms with Gasteiger partial charge in [-0.2, -0.15) is 0 Å². The highest BCUT2D eigenvalue weighted by atomic mass is 19.1.